The normalized spacial score (nSPS) is 17.0. The third-order valence-corrected chi connectivity index (χ3v) is 5.84. The zero-order chi connectivity index (χ0) is 19.5. The number of para-hydroxylation sites is 1. The van der Waals surface area contributed by atoms with Crippen LogP contribution < -0.4 is 5.32 Å². The van der Waals surface area contributed by atoms with Crippen LogP contribution in [0.5, 0.6) is 0 Å². The largest absolute Gasteiger partial charge is 0.350 e. The first-order chi connectivity index (χ1) is 12.0. The first-order valence-electron chi connectivity index (χ1n) is 8.27. The van der Waals surface area contributed by atoms with Gasteiger partial charge in [0.1, 0.15) is 0 Å². The van der Waals surface area contributed by atoms with Gasteiger partial charge in [0.15, 0.2) is 4.90 Å². The predicted octanol–water partition coefficient (Wildman–Crippen LogP) is 0.816. The number of benzene rings is 1. The summed E-state index contributed by atoms with van der Waals surface area (Å²) in [5.74, 6) is -0.118. The Kier molecular flexibility index (Phi) is 5.99. The van der Waals surface area contributed by atoms with Crippen LogP contribution in [0.2, 0.25) is 0 Å². The molecule has 0 aliphatic carbocycles. The number of nitro groups is 1. The Balaban J connectivity index is 2.03. The monoisotopic (exact) mass is 384 g/mol. The maximum Gasteiger partial charge on any atom is 0.289 e. The van der Waals surface area contributed by atoms with Crippen molar-refractivity contribution in [3.8, 4) is 0 Å². The third kappa shape index (κ3) is 4.99. The number of nitro benzene ring substituents is 1. The summed E-state index contributed by atoms with van der Waals surface area (Å²) in [5.41, 5.74) is -0.756. The molecule has 10 heteroatoms. The smallest absolute Gasteiger partial charge is 0.289 e. The standard InChI is InChI=1S/C16H24N4O5S/c1-16(2,3)17-15(21)12-18-8-10-19(11-9-18)26(24,25)14-7-5-4-6-13(14)20(22)23/h4-7H,8-12H2,1-3H3,(H,17,21). The number of nitrogens with zero attached hydrogens (tertiary/aromatic N) is 3. The number of hydrogen-bond acceptors (Lipinski definition) is 6. The predicted molar refractivity (Wildman–Crippen MR) is 96.2 cm³/mol. The number of rotatable bonds is 5. The van der Waals surface area contributed by atoms with E-state index in [2.05, 4.69) is 5.32 Å². The van der Waals surface area contributed by atoms with Gasteiger partial charge in [-0.1, -0.05) is 12.1 Å². The summed E-state index contributed by atoms with van der Waals surface area (Å²) in [6, 6.07) is 5.33. The van der Waals surface area contributed by atoms with Gasteiger partial charge in [-0.3, -0.25) is 19.8 Å². The number of hydrogen-bond donors (Lipinski definition) is 1. The summed E-state index contributed by atoms with van der Waals surface area (Å²) in [5, 5.41) is 14.0. The van der Waals surface area contributed by atoms with Gasteiger partial charge in [0.25, 0.3) is 5.69 Å². The SMILES string of the molecule is CC(C)(C)NC(=O)CN1CCN(S(=O)(=O)c2ccccc2[N+](=O)[O-])CC1. The lowest BCUT2D eigenvalue weighted by molar-refractivity contribution is -0.387. The zero-order valence-electron chi connectivity index (χ0n) is 15.1. The number of carbonyl (C=O) groups excluding carboxylic acids is 1. The van der Waals surface area contributed by atoms with E-state index in [0.29, 0.717) is 13.1 Å². The lowest BCUT2D eigenvalue weighted by atomic mass is 10.1. The van der Waals surface area contributed by atoms with Crippen LogP contribution in [0.25, 0.3) is 0 Å². The highest BCUT2D eigenvalue weighted by Gasteiger charge is 2.33. The van der Waals surface area contributed by atoms with Gasteiger partial charge >= 0.3 is 0 Å². The van der Waals surface area contributed by atoms with Crippen molar-refractivity contribution in [1.29, 1.82) is 0 Å². The van der Waals surface area contributed by atoms with E-state index in [4.69, 9.17) is 0 Å². The first-order valence-corrected chi connectivity index (χ1v) is 9.72. The van der Waals surface area contributed by atoms with Gasteiger partial charge in [0.05, 0.1) is 11.5 Å². The number of piperazine rings is 1. The summed E-state index contributed by atoms with van der Waals surface area (Å²) >= 11 is 0. The second-order valence-electron chi connectivity index (χ2n) is 7.20. The summed E-state index contributed by atoms with van der Waals surface area (Å²) in [4.78, 5) is 24.0. The van der Waals surface area contributed by atoms with Gasteiger partial charge in [-0.15, -0.1) is 0 Å². The van der Waals surface area contributed by atoms with Crippen molar-refractivity contribution in [3.05, 3.63) is 34.4 Å². The molecule has 0 atom stereocenters. The fraction of sp³-hybridized carbons (Fsp3) is 0.562. The fourth-order valence-electron chi connectivity index (χ4n) is 2.75. The van der Waals surface area contributed by atoms with E-state index in [0.717, 1.165) is 0 Å². The minimum Gasteiger partial charge on any atom is -0.350 e. The van der Waals surface area contributed by atoms with Gasteiger partial charge in [-0.2, -0.15) is 4.31 Å². The molecular formula is C16H24N4O5S. The molecular weight excluding hydrogens is 360 g/mol. The van der Waals surface area contributed by atoms with E-state index < -0.39 is 20.6 Å². The van der Waals surface area contributed by atoms with Crippen LogP contribution in [0, 0.1) is 10.1 Å². The quantitative estimate of drug-likeness (QED) is 0.594. The van der Waals surface area contributed by atoms with Gasteiger partial charge in [0, 0.05) is 37.8 Å². The van der Waals surface area contributed by atoms with E-state index in [1.807, 2.05) is 25.7 Å². The van der Waals surface area contributed by atoms with Gasteiger partial charge in [-0.25, -0.2) is 8.42 Å². The van der Waals surface area contributed by atoms with Crippen molar-refractivity contribution in [2.24, 2.45) is 0 Å². The second kappa shape index (κ2) is 7.68. The van der Waals surface area contributed by atoms with Crippen molar-refractivity contribution in [2.75, 3.05) is 32.7 Å². The van der Waals surface area contributed by atoms with E-state index in [1.54, 1.807) is 0 Å². The Hall–Kier alpha value is -2.04. The molecule has 1 fully saturated rings. The topological polar surface area (TPSA) is 113 Å². The fourth-order valence-corrected chi connectivity index (χ4v) is 4.33. The van der Waals surface area contributed by atoms with E-state index in [-0.39, 0.29) is 36.0 Å². The number of nitrogens with one attached hydrogen (secondary N) is 1. The molecule has 1 aliphatic heterocycles. The highest BCUT2D eigenvalue weighted by molar-refractivity contribution is 7.89. The number of amides is 1. The van der Waals surface area contributed by atoms with E-state index >= 15 is 0 Å². The van der Waals surface area contributed by atoms with Gasteiger partial charge in [0.2, 0.25) is 15.9 Å². The van der Waals surface area contributed by atoms with Crippen molar-refractivity contribution >= 4 is 21.6 Å². The highest BCUT2D eigenvalue weighted by atomic mass is 32.2. The molecule has 144 valence electrons. The molecule has 1 aliphatic rings. The summed E-state index contributed by atoms with van der Waals surface area (Å²) in [6.07, 6.45) is 0. The van der Waals surface area contributed by atoms with Crippen LogP contribution in [-0.2, 0) is 14.8 Å². The molecule has 26 heavy (non-hydrogen) atoms. The van der Waals surface area contributed by atoms with Crippen molar-refractivity contribution in [3.63, 3.8) is 0 Å². The Morgan fingerprint density at radius 3 is 2.31 bits per heavy atom. The van der Waals surface area contributed by atoms with Gasteiger partial charge < -0.3 is 5.32 Å². The summed E-state index contributed by atoms with van der Waals surface area (Å²) < 4.78 is 26.7. The minimum absolute atomic E-state index is 0.118. The molecule has 2 rings (SSSR count). The van der Waals surface area contributed by atoms with Gasteiger partial charge in [-0.05, 0) is 26.8 Å². The van der Waals surface area contributed by atoms with Crippen LogP contribution in [0.4, 0.5) is 5.69 Å². The first kappa shape index (κ1) is 20.3. The van der Waals surface area contributed by atoms with Crippen LogP contribution in [0.3, 0.4) is 0 Å². The Bertz CT molecular complexity index is 780. The minimum atomic E-state index is -3.95. The number of sulfonamides is 1. The Labute approximate surface area is 153 Å². The molecule has 1 amide bonds. The van der Waals surface area contributed by atoms with E-state index in [1.165, 1.54) is 28.6 Å². The molecule has 0 bridgehead atoms. The molecule has 1 heterocycles. The number of carbonyl (C=O) groups is 1. The van der Waals surface area contributed by atoms with Crippen LogP contribution in [0.1, 0.15) is 20.8 Å². The zero-order valence-corrected chi connectivity index (χ0v) is 16.0. The lowest BCUT2D eigenvalue weighted by Crippen LogP contribution is -2.52. The Morgan fingerprint density at radius 1 is 1.19 bits per heavy atom. The molecule has 0 saturated carbocycles. The molecule has 0 unspecified atom stereocenters. The van der Waals surface area contributed by atoms with Crippen LogP contribution in [0.15, 0.2) is 29.2 Å². The summed E-state index contributed by atoms with van der Waals surface area (Å²) in [6.45, 7) is 6.99. The van der Waals surface area contributed by atoms with Crippen molar-refractivity contribution < 1.29 is 18.1 Å². The highest BCUT2D eigenvalue weighted by Crippen LogP contribution is 2.26. The third-order valence-electron chi connectivity index (χ3n) is 3.89. The molecule has 0 spiro atoms. The van der Waals surface area contributed by atoms with Crippen molar-refractivity contribution in [1.82, 2.24) is 14.5 Å². The maximum absolute atomic E-state index is 12.8. The molecule has 0 aromatic heterocycles. The molecule has 1 N–H and O–H groups in total. The average Bonchev–Trinajstić information content (AvgIpc) is 2.53. The summed E-state index contributed by atoms with van der Waals surface area (Å²) in [7, 11) is -3.95. The molecule has 1 saturated heterocycles. The molecule has 1 aromatic carbocycles. The average molecular weight is 384 g/mol. The maximum atomic E-state index is 12.8. The molecule has 1 aromatic rings. The second-order valence-corrected chi connectivity index (χ2v) is 9.11. The van der Waals surface area contributed by atoms with Crippen LogP contribution >= 0.6 is 0 Å². The van der Waals surface area contributed by atoms with Crippen LogP contribution in [-0.4, -0.2) is 66.7 Å². The molecule has 9 nitrogen and oxygen atoms in total. The Morgan fingerprint density at radius 2 is 1.77 bits per heavy atom. The van der Waals surface area contributed by atoms with E-state index in [9.17, 15) is 23.3 Å². The lowest BCUT2D eigenvalue weighted by Gasteiger charge is -2.34. The van der Waals surface area contributed by atoms with Crippen molar-refractivity contribution in [2.45, 2.75) is 31.2 Å². The molecule has 0 radical (unpaired) electrons.